The monoisotopic (exact) mass is 432 g/mol. The summed E-state index contributed by atoms with van der Waals surface area (Å²) in [6.07, 6.45) is 1.79. The third-order valence-electron chi connectivity index (χ3n) is 4.38. The van der Waals surface area contributed by atoms with Gasteiger partial charge in [0, 0.05) is 10.0 Å². The number of aliphatic imine (C=N–C) groups is 1. The molecule has 28 heavy (non-hydrogen) atoms. The van der Waals surface area contributed by atoms with Crippen LogP contribution in [-0.2, 0) is 4.79 Å². The van der Waals surface area contributed by atoms with Crippen LogP contribution in [0.2, 0.25) is 0 Å². The van der Waals surface area contributed by atoms with E-state index in [9.17, 15) is 4.79 Å². The van der Waals surface area contributed by atoms with Crippen molar-refractivity contribution in [1.82, 2.24) is 0 Å². The fourth-order valence-electron chi connectivity index (χ4n) is 3.01. The van der Waals surface area contributed by atoms with Crippen molar-refractivity contribution in [2.24, 2.45) is 4.99 Å². The van der Waals surface area contributed by atoms with Gasteiger partial charge in [-0.2, -0.15) is 0 Å². The molecule has 0 atom stereocenters. The number of methoxy groups -OCH3 is 1. The van der Waals surface area contributed by atoms with Crippen LogP contribution in [0.25, 0.3) is 6.08 Å². The number of halogens is 1. The lowest BCUT2D eigenvalue weighted by molar-refractivity contribution is -0.113. The second kappa shape index (κ2) is 7.82. The molecular formula is C23H17BrN2O2. The van der Waals surface area contributed by atoms with Crippen molar-refractivity contribution in [3.05, 3.63) is 100 Å². The quantitative estimate of drug-likeness (QED) is 0.525. The minimum atomic E-state index is -0.159. The molecular weight excluding hydrogens is 416 g/mol. The van der Waals surface area contributed by atoms with Gasteiger partial charge in [-0.25, -0.2) is 4.99 Å². The summed E-state index contributed by atoms with van der Waals surface area (Å²) in [6, 6.07) is 24.9. The number of rotatable bonds is 4. The van der Waals surface area contributed by atoms with Crippen molar-refractivity contribution < 1.29 is 9.53 Å². The van der Waals surface area contributed by atoms with E-state index in [0.717, 1.165) is 27.0 Å². The van der Waals surface area contributed by atoms with Gasteiger partial charge >= 0.3 is 0 Å². The van der Waals surface area contributed by atoms with Crippen molar-refractivity contribution in [2.45, 2.75) is 0 Å². The molecule has 0 saturated carbocycles. The number of amidine groups is 1. The first kappa shape index (κ1) is 18.2. The number of anilines is 1. The number of carbonyl (C=O) groups excluding carboxylic acids is 1. The molecule has 1 aliphatic heterocycles. The lowest BCUT2D eigenvalue weighted by Crippen LogP contribution is -2.32. The Kier molecular flexibility index (Phi) is 5.08. The zero-order chi connectivity index (χ0) is 19.5. The van der Waals surface area contributed by atoms with Crippen molar-refractivity contribution in [1.29, 1.82) is 0 Å². The van der Waals surface area contributed by atoms with E-state index in [-0.39, 0.29) is 5.91 Å². The summed E-state index contributed by atoms with van der Waals surface area (Å²) in [6.45, 7) is 0. The molecule has 0 spiro atoms. The number of hydrogen-bond donors (Lipinski definition) is 0. The highest BCUT2D eigenvalue weighted by atomic mass is 79.9. The maximum atomic E-state index is 13.2. The lowest BCUT2D eigenvalue weighted by atomic mass is 10.1. The lowest BCUT2D eigenvalue weighted by Gasteiger charge is -2.18. The van der Waals surface area contributed by atoms with Crippen LogP contribution in [-0.4, -0.2) is 18.9 Å². The minimum absolute atomic E-state index is 0.159. The normalized spacial score (nSPS) is 15.1. The topological polar surface area (TPSA) is 41.9 Å². The van der Waals surface area contributed by atoms with E-state index in [1.165, 1.54) is 0 Å². The highest BCUT2D eigenvalue weighted by molar-refractivity contribution is 9.10. The molecule has 4 nitrogen and oxygen atoms in total. The van der Waals surface area contributed by atoms with Crippen LogP contribution in [0, 0.1) is 0 Å². The molecule has 0 bridgehead atoms. The number of benzene rings is 3. The van der Waals surface area contributed by atoms with Gasteiger partial charge in [0.1, 0.15) is 17.3 Å². The SMILES string of the molecule is COc1ccc(/C=C2/N=C(c3ccccc3)N(c3cccc(Br)c3)C2=O)cc1. The van der Waals surface area contributed by atoms with Crippen LogP contribution >= 0.6 is 15.9 Å². The van der Waals surface area contributed by atoms with E-state index in [1.807, 2.05) is 78.9 Å². The smallest absolute Gasteiger partial charge is 0.282 e. The summed E-state index contributed by atoms with van der Waals surface area (Å²) >= 11 is 3.48. The Morgan fingerprint density at radius 1 is 0.964 bits per heavy atom. The Bertz CT molecular complexity index is 1070. The van der Waals surface area contributed by atoms with Crippen molar-refractivity contribution in [3.8, 4) is 5.75 Å². The van der Waals surface area contributed by atoms with Crippen LogP contribution in [0.5, 0.6) is 5.75 Å². The summed E-state index contributed by atoms with van der Waals surface area (Å²) in [5.41, 5.74) is 2.93. The second-order valence-electron chi connectivity index (χ2n) is 6.22. The first-order chi connectivity index (χ1) is 13.7. The fraction of sp³-hybridized carbons (Fsp3) is 0.0435. The van der Waals surface area contributed by atoms with Gasteiger partial charge in [0.25, 0.3) is 5.91 Å². The van der Waals surface area contributed by atoms with E-state index >= 15 is 0 Å². The third-order valence-corrected chi connectivity index (χ3v) is 4.87. The Balaban J connectivity index is 1.79. The van der Waals surface area contributed by atoms with Crippen LogP contribution in [0.15, 0.2) is 94.0 Å². The summed E-state index contributed by atoms with van der Waals surface area (Å²) in [5, 5.41) is 0. The average Bonchev–Trinajstić information content (AvgIpc) is 3.05. The molecule has 3 aromatic rings. The predicted octanol–water partition coefficient (Wildman–Crippen LogP) is 5.29. The average molecular weight is 433 g/mol. The highest BCUT2D eigenvalue weighted by Gasteiger charge is 2.32. The van der Waals surface area contributed by atoms with Gasteiger partial charge in [0.05, 0.1) is 12.8 Å². The Morgan fingerprint density at radius 3 is 2.39 bits per heavy atom. The molecule has 3 aromatic carbocycles. The molecule has 0 aromatic heterocycles. The van der Waals surface area contributed by atoms with Gasteiger partial charge in [-0.15, -0.1) is 0 Å². The summed E-state index contributed by atoms with van der Waals surface area (Å²) in [5.74, 6) is 1.22. The van der Waals surface area contributed by atoms with Gasteiger partial charge in [-0.3, -0.25) is 9.69 Å². The number of nitrogens with zero attached hydrogens (tertiary/aromatic N) is 2. The van der Waals surface area contributed by atoms with Crippen LogP contribution in [0.4, 0.5) is 5.69 Å². The number of amides is 1. The third kappa shape index (κ3) is 3.62. The van der Waals surface area contributed by atoms with Gasteiger partial charge < -0.3 is 4.74 Å². The second-order valence-corrected chi connectivity index (χ2v) is 7.14. The van der Waals surface area contributed by atoms with Crippen molar-refractivity contribution in [3.63, 3.8) is 0 Å². The van der Waals surface area contributed by atoms with Crippen LogP contribution in [0.1, 0.15) is 11.1 Å². The fourth-order valence-corrected chi connectivity index (χ4v) is 3.40. The van der Waals surface area contributed by atoms with Gasteiger partial charge in [-0.1, -0.05) is 64.5 Å². The van der Waals surface area contributed by atoms with E-state index in [4.69, 9.17) is 4.74 Å². The number of hydrogen-bond acceptors (Lipinski definition) is 3. The van der Waals surface area contributed by atoms with Crippen molar-refractivity contribution >= 4 is 39.4 Å². The Labute approximate surface area is 171 Å². The van der Waals surface area contributed by atoms with Crippen molar-refractivity contribution in [2.75, 3.05) is 12.0 Å². The number of carbonyl (C=O) groups is 1. The van der Waals surface area contributed by atoms with Gasteiger partial charge in [0.2, 0.25) is 0 Å². The van der Waals surface area contributed by atoms with Gasteiger partial charge in [-0.05, 0) is 42.0 Å². The van der Waals surface area contributed by atoms with E-state index < -0.39 is 0 Å². The molecule has 138 valence electrons. The van der Waals surface area contributed by atoms with E-state index in [0.29, 0.717) is 11.5 Å². The minimum Gasteiger partial charge on any atom is -0.497 e. The van der Waals surface area contributed by atoms with Gasteiger partial charge in [0.15, 0.2) is 0 Å². The largest absolute Gasteiger partial charge is 0.497 e. The maximum absolute atomic E-state index is 13.2. The van der Waals surface area contributed by atoms with E-state index in [1.54, 1.807) is 18.1 Å². The maximum Gasteiger partial charge on any atom is 0.282 e. The molecule has 0 radical (unpaired) electrons. The molecule has 1 aliphatic rings. The van der Waals surface area contributed by atoms with Crippen LogP contribution in [0.3, 0.4) is 0 Å². The van der Waals surface area contributed by atoms with E-state index in [2.05, 4.69) is 20.9 Å². The van der Waals surface area contributed by atoms with Crippen LogP contribution < -0.4 is 9.64 Å². The highest BCUT2D eigenvalue weighted by Crippen LogP contribution is 2.29. The zero-order valence-corrected chi connectivity index (χ0v) is 16.8. The predicted molar refractivity (Wildman–Crippen MR) is 116 cm³/mol. The summed E-state index contributed by atoms with van der Waals surface area (Å²) in [4.78, 5) is 19.6. The molecule has 0 aliphatic carbocycles. The summed E-state index contributed by atoms with van der Waals surface area (Å²) in [7, 11) is 1.63. The standard InChI is InChI=1S/C23H17BrN2O2/c1-28-20-12-10-16(11-13-20)14-21-23(27)26(19-9-5-8-18(24)15-19)22(25-21)17-6-3-2-4-7-17/h2-15H,1H3/b21-14+. The molecule has 1 heterocycles. The first-order valence-corrected chi connectivity index (χ1v) is 9.55. The number of ether oxygens (including phenoxy) is 1. The Morgan fingerprint density at radius 2 is 1.71 bits per heavy atom. The molecule has 0 fully saturated rings. The summed E-state index contributed by atoms with van der Waals surface area (Å²) < 4.78 is 6.09. The molecule has 0 unspecified atom stereocenters. The molecule has 5 heteroatoms. The Hall–Kier alpha value is -3.18. The zero-order valence-electron chi connectivity index (χ0n) is 15.2. The first-order valence-electron chi connectivity index (χ1n) is 8.75. The molecule has 1 amide bonds. The molecule has 4 rings (SSSR count). The molecule has 0 N–H and O–H groups in total. The molecule has 0 saturated heterocycles.